The van der Waals surface area contributed by atoms with Crippen LogP contribution in [0.25, 0.3) is 0 Å². The lowest BCUT2D eigenvalue weighted by Crippen LogP contribution is -2.58. The first kappa shape index (κ1) is 12.6. The van der Waals surface area contributed by atoms with Crippen molar-refractivity contribution in [1.29, 1.82) is 0 Å². The Labute approximate surface area is 118 Å². The predicted octanol–water partition coefficient (Wildman–Crippen LogP) is 3.13. The quantitative estimate of drug-likeness (QED) is 0.929. The van der Waals surface area contributed by atoms with Gasteiger partial charge in [-0.25, -0.2) is 0 Å². The fraction of sp³-hybridized carbons (Fsp3) is 0.312. The Kier molecular flexibility index (Phi) is 3.29. The van der Waals surface area contributed by atoms with Crippen molar-refractivity contribution < 1.29 is 0 Å². The van der Waals surface area contributed by atoms with Crippen LogP contribution in [0.4, 0.5) is 0 Å². The number of aryl methyl sites for hydroxylation is 1. The van der Waals surface area contributed by atoms with Crippen LogP contribution in [0.5, 0.6) is 0 Å². The molecule has 0 atom stereocenters. The molecular weight excluding hydrogens is 256 g/mol. The smallest absolute Gasteiger partial charge is 0.0621 e. The Hall–Kier alpha value is -1.38. The zero-order chi connectivity index (χ0) is 13.3. The number of aromatic nitrogens is 1. The number of hydrogen-bond donors (Lipinski definition) is 1. The Morgan fingerprint density at radius 1 is 1.32 bits per heavy atom. The molecule has 19 heavy (non-hydrogen) atoms. The second-order valence-electron chi connectivity index (χ2n) is 5.40. The van der Waals surface area contributed by atoms with Crippen molar-refractivity contribution in [2.75, 3.05) is 13.1 Å². The number of rotatable bonds is 3. The molecule has 1 aromatic heterocycles. The Bertz CT molecular complexity index is 591. The molecule has 1 fully saturated rings. The van der Waals surface area contributed by atoms with Crippen LogP contribution in [0.15, 0.2) is 42.7 Å². The second kappa shape index (κ2) is 4.95. The van der Waals surface area contributed by atoms with Gasteiger partial charge in [0.1, 0.15) is 0 Å². The van der Waals surface area contributed by atoms with E-state index < -0.39 is 0 Å². The molecule has 98 valence electrons. The van der Waals surface area contributed by atoms with Crippen LogP contribution < -0.4 is 5.32 Å². The van der Waals surface area contributed by atoms with Crippen LogP contribution in [0.1, 0.15) is 16.7 Å². The maximum absolute atomic E-state index is 6.25. The van der Waals surface area contributed by atoms with Gasteiger partial charge in [-0.1, -0.05) is 41.4 Å². The third kappa shape index (κ3) is 2.38. The van der Waals surface area contributed by atoms with E-state index in [9.17, 15) is 0 Å². The molecule has 1 N–H and O–H groups in total. The molecule has 2 aromatic rings. The summed E-state index contributed by atoms with van der Waals surface area (Å²) < 4.78 is 0. The average molecular weight is 273 g/mol. The Morgan fingerprint density at radius 2 is 2.16 bits per heavy atom. The van der Waals surface area contributed by atoms with E-state index in [0.717, 1.165) is 24.5 Å². The second-order valence-corrected chi connectivity index (χ2v) is 5.80. The summed E-state index contributed by atoms with van der Waals surface area (Å²) in [5, 5.41) is 4.17. The van der Waals surface area contributed by atoms with Gasteiger partial charge in [0.25, 0.3) is 0 Å². The molecule has 0 radical (unpaired) electrons. The van der Waals surface area contributed by atoms with E-state index in [1.807, 2.05) is 12.3 Å². The van der Waals surface area contributed by atoms with Gasteiger partial charge < -0.3 is 5.32 Å². The fourth-order valence-electron chi connectivity index (χ4n) is 2.74. The van der Waals surface area contributed by atoms with E-state index in [4.69, 9.17) is 11.6 Å². The highest BCUT2D eigenvalue weighted by Gasteiger charge is 2.39. The Balaban J connectivity index is 1.94. The van der Waals surface area contributed by atoms with Crippen LogP contribution >= 0.6 is 11.6 Å². The van der Waals surface area contributed by atoms with Gasteiger partial charge in [0.05, 0.1) is 5.02 Å². The van der Waals surface area contributed by atoms with Crippen molar-refractivity contribution in [2.24, 2.45) is 0 Å². The molecule has 0 aliphatic carbocycles. The van der Waals surface area contributed by atoms with Gasteiger partial charge in [-0.3, -0.25) is 4.98 Å². The molecule has 2 heterocycles. The number of benzene rings is 1. The lowest BCUT2D eigenvalue weighted by Gasteiger charge is -2.44. The molecule has 3 rings (SSSR count). The van der Waals surface area contributed by atoms with Crippen LogP contribution in [-0.4, -0.2) is 18.1 Å². The third-order valence-corrected chi connectivity index (χ3v) is 4.28. The van der Waals surface area contributed by atoms with Crippen molar-refractivity contribution in [1.82, 2.24) is 10.3 Å². The maximum Gasteiger partial charge on any atom is 0.0621 e. The summed E-state index contributed by atoms with van der Waals surface area (Å²) in [4.78, 5) is 4.06. The molecule has 3 heteroatoms. The molecule has 1 aliphatic rings. The fourth-order valence-corrected chi connectivity index (χ4v) is 2.93. The summed E-state index contributed by atoms with van der Waals surface area (Å²) in [5.41, 5.74) is 4.07. The molecule has 1 aliphatic heterocycles. The average Bonchev–Trinajstić information content (AvgIpc) is 2.36. The van der Waals surface area contributed by atoms with E-state index in [-0.39, 0.29) is 5.41 Å². The number of nitrogens with zero attached hydrogens (tertiary/aromatic N) is 1. The van der Waals surface area contributed by atoms with Gasteiger partial charge in [0.2, 0.25) is 0 Å². The summed E-state index contributed by atoms with van der Waals surface area (Å²) in [6.45, 7) is 4.16. The number of pyridine rings is 1. The lowest BCUT2D eigenvalue weighted by atomic mass is 9.71. The number of nitrogens with one attached hydrogen (secondary N) is 1. The van der Waals surface area contributed by atoms with Crippen molar-refractivity contribution in [3.63, 3.8) is 0 Å². The van der Waals surface area contributed by atoms with Gasteiger partial charge in [-0.2, -0.15) is 0 Å². The first-order valence-electron chi connectivity index (χ1n) is 6.56. The van der Waals surface area contributed by atoms with Gasteiger partial charge >= 0.3 is 0 Å². The monoisotopic (exact) mass is 272 g/mol. The van der Waals surface area contributed by atoms with Crippen LogP contribution in [0.3, 0.4) is 0 Å². The van der Waals surface area contributed by atoms with E-state index >= 15 is 0 Å². The number of halogens is 1. The van der Waals surface area contributed by atoms with Crippen molar-refractivity contribution in [2.45, 2.75) is 18.8 Å². The molecule has 0 spiro atoms. The molecule has 1 saturated heterocycles. The van der Waals surface area contributed by atoms with E-state index in [2.05, 4.69) is 41.5 Å². The maximum atomic E-state index is 6.25. The van der Waals surface area contributed by atoms with Crippen molar-refractivity contribution in [3.8, 4) is 0 Å². The molecule has 1 aromatic carbocycles. The topological polar surface area (TPSA) is 24.9 Å². The van der Waals surface area contributed by atoms with Gasteiger partial charge in [-0.15, -0.1) is 0 Å². The van der Waals surface area contributed by atoms with Gasteiger partial charge in [0.15, 0.2) is 0 Å². The van der Waals surface area contributed by atoms with E-state index in [0.29, 0.717) is 0 Å². The molecular formula is C16H17ClN2. The van der Waals surface area contributed by atoms with Crippen LogP contribution in [0.2, 0.25) is 5.02 Å². The molecule has 0 amide bonds. The zero-order valence-electron chi connectivity index (χ0n) is 11.0. The van der Waals surface area contributed by atoms with Crippen molar-refractivity contribution in [3.05, 3.63) is 64.4 Å². The molecule has 0 saturated carbocycles. The standard InChI is InChI=1S/C16H17ClN2/c1-12-3-2-4-14(7-12)16(10-19-11-16)8-13-5-6-18-9-15(13)17/h2-7,9,19H,8,10-11H2,1H3. The molecule has 0 bridgehead atoms. The Morgan fingerprint density at radius 3 is 2.79 bits per heavy atom. The zero-order valence-corrected chi connectivity index (χ0v) is 11.7. The van der Waals surface area contributed by atoms with Crippen LogP contribution in [0, 0.1) is 6.92 Å². The number of hydrogen-bond acceptors (Lipinski definition) is 2. The highest BCUT2D eigenvalue weighted by molar-refractivity contribution is 6.31. The largest absolute Gasteiger partial charge is 0.315 e. The lowest BCUT2D eigenvalue weighted by molar-refractivity contribution is 0.274. The van der Waals surface area contributed by atoms with E-state index in [1.54, 1.807) is 6.20 Å². The first-order chi connectivity index (χ1) is 9.20. The molecule has 2 nitrogen and oxygen atoms in total. The predicted molar refractivity (Wildman–Crippen MR) is 78.7 cm³/mol. The summed E-state index contributed by atoms with van der Waals surface area (Å²) in [6.07, 6.45) is 4.51. The van der Waals surface area contributed by atoms with E-state index in [1.165, 1.54) is 16.7 Å². The third-order valence-electron chi connectivity index (χ3n) is 3.94. The normalized spacial score (nSPS) is 16.9. The minimum Gasteiger partial charge on any atom is -0.315 e. The van der Waals surface area contributed by atoms with Crippen molar-refractivity contribution >= 4 is 11.6 Å². The minimum atomic E-state index is 0.178. The first-order valence-corrected chi connectivity index (χ1v) is 6.94. The minimum absolute atomic E-state index is 0.178. The summed E-state index contributed by atoms with van der Waals surface area (Å²) >= 11 is 6.25. The van der Waals surface area contributed by atoms with Gasteiger partial charge in [0, 0.05) is 30.9 Å². The highest BCUT2D eigenvalue weighted by atomic mass is 35.5. The summed E-state index contributed by atoms with van der Waals surface area (Å²) in [6, 6.07) is 10.8. The molecule has 0 unspecified atom stereocenters. The summed E-state index contributed by atoms with van der Waals surface area (Å²) in [5.74, 6) is 0. The summed E-state index contributed by atoms with van der Waals surface area (Å²) in [7, 11) is 0. The SMILES string of the molecule is Cc1cccc(C2(Cc3ccncc3Cl)CNC2)c1. The van der Waals surface area contributed by atoms with Gasteiger partial charge in [-0.05, 0) is 30.5 Å². The highest BCUT2D eigenvalue weighted by Crippen LogP contribution is 2.34. The van der Waals surface area contributed by atoms with Crippen LogP contribution in [-0.2, 0) is 11.8 Å².